The molecule has 0 aliphatic rings. The number of hydrogen-bond acceptors (Lipinski definition) is 4. The standard InChI is InChI=1S/C8H6N3O.K.H2O/c1-6-4-11-8(9-6)3-2-7(5-12)10-11;;/h2-4H,1H3;;1H2/q-1;+1;/p-1. The van der Waals surface area contributed by atoms with E-state index in [4.69, 9.17) is 0 Å². The van der Waals surface area contributed by atoms with E-state index in [0.717, 1.165) is 11.3 Å². The summed E-state index contributed by atoms with van der Waals surface area (Å²) in [5, 5.41) is 3.95. The van der Waals surface area contributed by atoms with Crippen molar-refractivity contribution >= 4 is 11.9 Å². The van der Waals surface area contributed by atoms with Crippen molar-refractivity contribution in [3.63, 3.8) is 0 Å². The van der Waals surface area contributed by atoms with E-state index in [2.05, 4.69) is 10.1 Å². The molecule has 5 nitrogen and oxygen atoms in total. The molecule has 0 fully saturated rings. The van der Waals surface area contributed by atoms with Crippen molar-refractivity contribution in [1.29, 1.82) is 0 Å². The Morgan fingerprint density at radius 1 is 1.43 bits per heavy atom. The molecule has 0 aliphatic carbocycles. The van der Waals surface area contributed by atoms with Crippen LogP contribution in [-0.2, 0) is 4.79 Å². The first-order chi connectivity index (χ1) is 5.79. The average molecular weight is 216 g/mol. The summed E-state index contributed by atoms with van der Waals surface area (Å²) in [6.45, 7) is 1.87. The van der Waals surface area contributed by atoms with Crippen molar-refractivity contribution in [2.45, 2.75) is 6.92 Å². The van der Waals surface area contributed by atoms with Crippen molar-refractivity contribution in [2.24, 2.45) is 0 Å². The van der Waals surface area contributed by atoms with Crippen molar-refractivity contribution < 1.29 is 61.7 Å². The van der Waals surface area contributed by atoms with Crippen LogP contribution in [0.2, 0.25) is 0 Å². The molecular weight excluding hydrogens is 209 g/mol. The van der Waals surface area contributed by atoms with Gasteiger partial charge in [-0.3, -0.25) is 0 Å². The zero-order chi connectivity index (χ0) is 8.55. The molecule has 0 saturated heterocycles. The first-order valence-corrected chi connectivity index (χ1v) is 3.51. The fourth-order valence-corrected chi connectivity index (χ4v) is 1.05. The maximum atomic E-state index is 10.2. The topological polar surface area (TPSA) is 77.3 Å². The van der Waals surface area contributed by atoms with E-state index in [1.807, 2.05) is 6.92 Å². The predicted octanol–water partition coefficient (Wildman–Crippen LogP) is -2.68. The number of carbonyl (C=O) groups excluding carboxylic acids is 1. The van der Waals surface area contributed by atoms with Crippen LogP contribution in [0.1, 0.15) is 11.4 Å². The molecule has 68 valence electrons. The third-order valence-corrected chi connectivity index (χ3v) is 1.55. The molecule has 2 rings (SSSR count). The van der Waals surface area contributed by atoms with E-state index < -0.39 is 0 Å². The van der Waals surface area contributed by atoms with Gasteiger partial charge >= 0.3 is 51.4 Å². The summed E-state index contributed by atoms with van der Waals surface area (Å²) in [6, 6.07) is 3.33. The summed E-state index contributed by atoms with van der Waals surface area (Å²) < 4.78 is 1.57. The average Bonchev–Trinajstić information content (AvgIpc) is 2.43. The number of nitrogens with zero attached hydrogens (tertiary/aromatic N) is 3. The summed E-state index contributed by atoms with van der Waals surface area (Å²) in [4.78, 5) is 14.4. The summed E-state index contributed by atoms with van der Waals surface area (Å²) in [7, 11) is 0. The van der Waals surface area contributed by atoms with E-state index in [1.165, 1.54) is 0 Å². The van der Waals surface area contributed by atoms with Crippen molar-refractivity contribution in [1.82, 2.24) is 14.6 Å². The van der Waals surface area contributed by atoms with Crippen LogP contribution in [0.4, 0.5) is 0 Å². The van der Waals surface area contributed by atoms with E-state index in [0.29, 0.717) is 5.69 Å². The molecule has 0 saturated carbocycles. The van der Waals surface area contributed by atoms with Gasteiger partial charge in [0.25, 0.3) is 0 Å². The molecule has 0 bridgehead atoms. The Labute approximate surface area is 123 Å². The van der Waals surface area contributed by atoms with Gasteiger partial charge in [0, 0.05) is 6.29 Å². The van der Waals surface area contributed by atoms with Crippen LogP contribution in [0.3, 0.4) is 0 Å². The smallest absolute Gasteiger partial charge is 0.870 e. The summed E-state index contributed by atoms with van der Waals surface area (Å²) >= 11 is 0. The number of aryl methyl sites for hydroxylation is 1. The van der Waals surface area contributed by atoms with Gasteiger partial charge in [0.1, 0.15) is 5.65 Å². The van der Waals surface area contributed by atoms with Gasteiger partial charge in [0.15, 0.2) is 0 Å². The van der Waals surface area contributed by atoms with Gasteiger partial charge in [-0.05, 0) is 12.6 Å². The number of hydrogen-bond donors (Lipinski definition) is 0. The van der Waals surface area contributed by atoms with Crippen LogP contribution < -0.4 is 51.4 Å². The third-order valence-electron chi connectivity index (χ3n) is 1.55. The Bertz CT molecular complexity index is 441. The molecule has 0 spiro atoms. The second-order valence-corrected chi connectivity index (χ2v) is 2.51. The molecule has 0 atom stereocenters. The number of fused-ring (bicyclic) bond motifs is 1. The van der Waals surface area contributed by atoms with Gasteiger partial charge in [0.05, 0.1) is 11.9 Å². The molecule has 2 heterocycles. The van der Waals surface area contributed by atoms with Gasteiger partial charge < -0.3 is 10.3 Å². The van der Waals surface area contributed by atoms with Crippen LogP contribution in [0.15, 0.2) is 18.3 Å². The minimum Gasteiger partial charge on any atom is -0.870 e. The van der Waals surface area contributed by atoms with E-state index >= 15 is 0 Å². The third kappa shape index (κ3) is 2.69. The quantitative estimate of drug-likeness (QED) is 0.384. The van der Waals surface area contributed by atoms with Crippen molar-refractivity contribution in [2.75, 3.05) is 0 Å². The Hall–Kier alpha value is -0.114. The molecule has 0 radical (unpaired) electrons. The fraction of sp³-hybridized carbons (Fsp3) is 0.125. The number of imidazole rings is 1. The van der Waals surface area contributed by atoms with Crippen LogP contribution in [0.25, 0.3) is 5.65 Å². The SMILES string of the molecule is Cc1cn2nc([C-]=O)ccc2n1.[K+].[OH-]. The number of rotatable bonds is 1. The molecule has 2 aromatic heterocycles. The molecule has 0 aliphatic heterocycles. The molecule has 2 aromatic rings. The number of aromatic nitrogens is 3. The Balaban J connectivity index is 0.000000845. The van der Waals surface area contributed by atoms with Gasteiger partial charge in [0.2, 0.25) is 0 Å². The first kappa shape index (κ1) is 13.9. The van der Waals surface area contributed by atoms with E-state index in [-0.39, 0.29) is 56.9 Å². The summed E-state index contributed by atoms with van der Waals surface area (Å²) in [5.74, 6) is 0. The summed E-state index contributed by atoms with van der Waals surface area (Å²) in [6.07, 6.45) is 3.48. The fourth-order valence-electron chi connectivity index (χ4n) is 1.05. The monoisotopic (exact) mass is 216 g/mol. The Kier molecular flexibility index (Phi) is 5.64. The minimum absolute atomic E-state index is 0. The molecule has 0 aromatic carbocycles. The maximum absolute atomic E-state index is 10.2. The predicted molar refractivity (Wildman–Crippen MR) is 44.5 cm³/mol. The second kappa shape index (κ2) is 5.69. The molecule has 0 unspecified atom stereocenters. The molecule has 6 heteroatoms. The zero-order valence-corrected chi connectivity index (χ0v) is 11.1. The van der Waals surface area contributed by atoms with Crippen LogP contribution in [0.5, 0.6) is 0 Å². The molecular formula is C8H7KN3O2-. The van der Waals surface area contributed by atoms with Crippen molar-refractivity contribution in [3.05, 3.63) is 29.7 Å². The minimum atomic E-state index is 0. The van der Waals surface area contributed by atoms with Crippen molar-refractivity contribution in [3.8, 4) is 0 Å². The van der Waals surface area contributed by atoms with Crippen LogP contribution in [0, 0.1) is 6.92 Å². The van der Waals surface area contributed by atoms with Gasteiger partial charge in [-0.25, -0.2) is 14.6 Å². The van der Waals surface area contributed by atoms with Crippen LogP contribution in [-0.4, -0.2) is 26.4 Å². The Morgan fingerprint density at radius 3 is 2.79 bits per heavy atom. The first-order valence-electron chi connectivity index (χ1n) is 3.51. The van der Waals surface area contributed by atoms with Gasteiger partial charge in [-0.2, -0.15) is 6.07 Å². The van der Waals surface area contributed by atoms with E-state index in [9.17, 15) is 4.79 Å². The normalized spacial score (nSPS) is 8.93. The maximum Gasteiger partial charge on any atom is 1.00 e. The van der Waals surface area contributed by atoms with Gasteiger partial charge in [-0.1, -0.05) is 6.07 Å². The van der Waals surface area contributed by atoms with Gasteiger partial charge in [-0.15, -0.1) is 0 Å². The van der Waals surface area contributed by atoms with E-state index in [1.54, 1.807) is 29.1 Å². The van der Waals surface area contributed by atoms with Crippen LogP contribution >= 0.6 is 0 Å². The zero-order valence-electron chi connectivity index (χ0n) is 7.93. The summed E-state index contributed by atoms with van der Waals surface area (Å²) in [5.41, 5.74) is 1.91. The Morgan fingerprint density at radius 2 is 2.14 bits per heavy atom. The largest absolute Gasteiger partial charge is 1.00 e. The molecule has 0 amide bonds. The molecule has 14 heavy (non-hydrogen) atoms. The molecule has 1 N–H and O–H groups in total. The second-order valence-electron chi connectivity index (χ2n) is 2.51.